The molecular weight excluding hydrogens is 266 g/mol. The molecule has 0 fully saturated rings. The Kier molecular flexibility index (Phi) is 4.17. The van der Waals surface area contributed by atoms with Crippen LogP contribution in [-0.2, 0) is 4.74 Å². The van der Waals surface area contributed by atoms with Crippen LogP contribution in [0.5, 0.6) is 11.5 Å². The molecular formula is C17H19NO3. The van der Waals surface area contributed by atoms with Gasteiger partial charge >= 0.3 is 5.97 Å². The Hall–Kier alpha value is -2.49. The fourth-order valence-electron chi connectivity index (χ4n) is 2.15. The first kappa shape index (κ1) is 14.9. The molecule has 0 aliphatic carbocycles. The number of benzene rings is 2. The quantitative estimate of drug-likeness (QED) is 0.688. The van der Waals surface area contributed by atoms with Crippen LogP contribution in [0.2, 0.25) is 0 Å². The lowest BCUT2D eigenvalue weighted by molar-refractivity contribution is 0.0601. The highest BCUT2D eigenvalue weighted by atomic mass is 16.5. The topological polar surface area (TPSA) is 61.5 Å². The SMILES string of the molecule is COC(=O)c1cccc(Oc2cc(C)cc(C)c2C)c1N. The van der Waals surface area contributed by atoms with Crippen LogP contribution in [0.4, 0.5) is 5.69 Å². The van der Waals surface area contributed by atoms with Gasteiger partial charge in [-0.3, -0.25) is 0 Å². The Bertz CT molecular complexity index is 693. The van der Waals surface area contributed by atoms with Crippen molar-refractivity contribution in [3.63, 3.8) is 0 Å². The largest absolute Gasteiger partial charge is 0.465 e. The van der Waals surface area contributed by atoms with Gasteiger partial charge in [-0.05, 0) is 55.7 Å². The van der Waals surface area contributed by atoms with Crippen LogP contribution in [0.15, 0.2) is 30.3 Å². The molecule has 0 atom stereocenters. The van der Waals surface area contributed by atoms with Crippen molar-refractivity contribution < 1.29 is 14.3 Å². The van der Waals surface area contributed by atoms with E-state index in [0.29, 0.717) is 11.3 Å². The second-order valence-electron chi connectivity index (χ2n) is 5.02. The van der Waals surface area contributed by atoms with Gasteiger partial charge in [-0.25, -0.2) is 4.79 Å². The molecule has 2 aromatic rings. The number of rotatable bonds is 3. The number of ether oxygens (including phenoxy) is 2. The van der Waals surface area contributed by atoms with Crippen LogP contribution < -0.4 is 10.5 Å². The van der Waals surface area contributed by atoms with E-state index in [0.717, 1.165) is 22.4 Å². The summed E-state index contributed by atoms with van der Waals surface area (Å²) in [6, 6.07) is 9.11. The van der Waals surface area contributed by atoms with Gasteiger partial charge < -0.3 is 15.2 Å². The highest BCUT2D eigenvalue weighted by Gasteiger charge is 2.15. The van der Waals surface area contributed by atoms with E-state index in [1.54, 1.807) is 18.2 Å². The molecule has 4 heteroatoms. The van der Waals surface area contributed by atoms with Crippen molar-refractivity contribution in [1.29, 1.82) is 0 Å². The number of esters is 1. The number of nitrogens with two attached hydrogens (primary N) is 1. The minimum absolute atomic E-state index is 0.280. The Morgan fingerprint density at radius 1 is 1.10 bits per heavy atom. The molecule has 0 radical (unpaired) electrons. The van der Waals surface area contributed by atoms with E-state index < -0.39 is 5.97 Å². The third-order valence-corrected chi connectivity index (χ3v) is 3.46. The smallest absolute Gasteiger partial charge is 0.340 e. The number of nitrogen functional groups attached to an aromatic ring is 1. The standard InChI is InChI=1S/C17H19NO3/c1-10-8-11(2)12(3)15(9-10)21-14-7-5-6-13(16(14)18)17(19)20-4/h5-9H,18H2,1-4H3. The second kappa shape index (κ2) is 5.87. The van der Waals surface area contributed by atoms with Gasteiger partial charge in [0.2, 0.25) is 0 Å². The van der Waals surface area contributed by atoms with E-state index in [1.165, 1.54) is 7.11 Å². The molecule has 0 aliphatic heterocycles. The first-order valence-corrected chi connectivity index (χ1v) is 6.66. The number of hydrogen-bond acceptors (Lipinski definition) is 4. The molecule has 110 valence electrons. The third-order valence-electron chi connectivity index (χ3n) is 3.46. The highest BCUT2D eigenvalue weighted by Crippen LogP contribution is 2.33. The fourth-order valence-corrected chi connectivity index (χ4v) is 2.15. The molecule has 0 heterocycles. The molecule has 2 N–H and O–H groups in total. The van der Waals surface area contributed by atoms with Crippen LogP contribution in [-0.4, -0.2) is 13.1 Å². The summed E-state index contributed by atoms with van der Waals surface area (Å²) in [4.78, 5) is 11.7. The van der Waals surface area contributed by atoms with Gasteiger partial charge in [-0.15, -0.1) is 0 Å². The maximum Gasteiger partial charge on any atom is 0.340 e. The number of aryl methyl sites for hydroxylation is 2. The van der Waals surface area contributed by atoms with Gasteiger partial charge in [0, 0.05) is 0 Å². The lowest BCUT2D eigenvalue weighted by atomic mass is 10.1. The van der Waals surface area contributed by atoms with Gasteiger partial charge in [0.1, 0.15) is 5.75 Å². The van der Waals surface area contributed by atoms with Crippen LogP contribution in [0, 0.1) is 20.8 Å². The molecule has 2 rings (SSSR count). The summed E-state index contributed by atoms with van der Waals surface area (Å²) in [6.45, 7) is 6.03. The molecule has 0 bridgehead atoms. The molecule has 0 aromatic heterocycles. The summed E-state index contributed by atoms with van der Waals surface area (Å²) in [7, 11) is 1.32. The zero-order chi connectivity index (χ0) is 15.6. The van der Waals surface area contributed by atoms with Crippen molar-refractivity contribution >= 4 is 11.7 Å². The van der Waals surface area contributed by atoms with E-state index in [2.05, 4.69) is 6.07 Å². The molecule has 21 heavy (non-hydrogen) atoms. The van der Waals surface area contributed by atoms with Gasteiger partial charge in [0.15, 0.2) is 5.75 Å². The second-order valence-corrected chi connectivity index (χ2v) is 5.02. The number of hydrogen-bond donors (Lipinski definition) is 1. The Labute approximate surface area is 124 Å². The molecule has 0 unspecified atom stereocenters. The maximum absolute atomic E-state index is 11.7. The number of carbonyl (C=O) groups is 1. The summed E-state index contributed by atoms with van der Waals surface area (Å²) in [5, 5.41) is 0. The number of anilines is 1. The predicted octanol–water partition coefficient (Wildman–Crippen LogP) is 3.77. The van der Waals surface area contributed by atoms with E-state index in [4.69, 9.17) is 15.2 Å². The summed E-state index contributed by atoms with van der Waals surface area (Å²) < 4.78 is 10.6. The zero-order valence-corrected chi connectivity index (χ0v) is 12.7. The minimum atomic E-state index is -0.477. The Morgan fingerprint density at radius 2 is 1.81 bits per heavy atom. The normalized spacial score (nSPS) is 10.3. The van der Waals surface area contributed by atoms with Crippen molar-refractivity contribution in [2.75, 3.05) is 12.8 Å². The third kappa shape index (κ3) is 2.99. The van der Waals surface area contributed by atoms with E-state index in [-0.39, 0.29) is 5.69 Å². The number of methoxy groups -OCH3 is 1. The summed E-state index contributed by atoms with van der Waals surface area (Å²) in [5.74, 6) is 0.710. The van der Waals surface area contributed by atoms with Crippen LogP contribution in [0.25, 0.3) is 0 Å². The van der Waals surface area contributed by atoms with E-state index in [9.17, 15) is 4.79 Å². The lowest BCUT2D eigenvalue weighted by Crippen LogP contribution is -2.06. The van der Waals surface area contributed by atoms with Gasteiger partial charge in [-0.1, -0.05) is 12.1 Å². The predicted molar refractivity (Wildman–Crippen MR) is 82.9 cm³/mol. The van der Waals surface area contributed by atoms with Crippen molar-refractivity contribution in [2.45, 2.75) is 20.8 Å². The first-order chi connectivity index (χ1) is 9.93. The molecule has 0 saturated heterocycles. The maximum atomic E-state index is 11.7. The molecule has 4 nitrogen and oxygen atoms in total. The average molecular weight is 285 g/mol. The highest BCUT2D eigenvalue weighted by molar-refractivity contribution is 5.96. The molecule has 0 spiro atoms. The van der Waals surface area contributed by atoms with E-state index >= 15 is 0 Å². The molecule has 0 amide bonds. The van der Waals surface area contributed by atoms with Crippen molar-refractivity contribution in [2.24, 2.45) is 0 Å². The summed E-state index contributed by atoms with van der Waals surface area (Å²) >= 11 is 0. The Balaban J connectivity index is 2.43. The van der Waals surface area contributed by atoms with Crippen molar-refractivity contribution in [3.05, 3.63) is 52.6 Å². The first-order valence-electron chi connectivity index (χ1n) is 6.66. The Morgan fingerprint density at radius 3 is 2.48 bits per heavy atom. The fraction of sp³-hybridized carbons (Fsp3) is 0.235. The molecule has 0 aliphatic rings. The van der Waals surface area contributed by atoms with Crippen LogP contribution in [0.1, 0.15) is 27.0 Å². The zero-order valence-electron chi connectivity index (χ0n) is 12.7. The minimum Gasteiger partial charge on any atom is -0.465 e. The van der Waals surface area contributed by atoms with Crippen LogP contribution >= 0.6 is 0 Å². The lowest BCUT2D eigenvalue weighted by Gasteiger charge is -2.14. The molecule has 2 aromatic carbocycles. The van der Waals surface area contributed by atoms with Gasteiger partial charge in [-0.2, -0.15) is 0 Å². The molecule has 0 saturated carbocycles. The van der Waals surface area contributed by atoms with Crippen molar-refractivity contribution in [1.82, 2.24) is 0 Å². The number of carbonyl (C=O) groups excluding carboxylic acids is 1. The summed E-state index contributed by atoms with van der Waals surface area (Å²) in [6.07, 6.45) is 0. The average Bonchev–Trinajstić information content (AvgIpc) is 2.45. The van der Waals surface area contributed by atoms with Crippen molar-refractivity contribution in [3.8, 4) is 11.5 Å². The summed E-state index contributed by atoms with van der Waals surface area (Å²) in [5.41, 5.74) is 9.89. The van der Waals surface area contributed by atoms with Gasteiger partial charge in [0.25, 0.3) is 0 Å². The number of para-hydroxylation sites is 1. The van der Waals surface area contributed by atoms with Crippen LogP contribution in [0.3, 0.4) is 0 Å². The van der Waals surface area contributed by atoms with E-state index in [1.807, 2.05) is 26.8 Å². The monoisotopic (exact) mass is 285 g/mol. The van der Waals surface area contributed by atoms with Gasteiger partial charge in [0.05, 0.1) is 18.4 Å².